The van der Waals surface area contributed by atoms with E-state index in [0.29, 0.717) is 31.1 Å². The van der Waals surface area contributed by atoms with Crippen LogP contribution in [0.3, 0.4) is 0 Å². The molecule has 10 heteroatoms. The lowest BCUT2D eigenvalue weighted by molar-refractivity contribution is 0.171. The number of ether oxygens (including phenoxy) is 2. The molecule has 0 aliphatic heterocycles. The minimum absolute atomic E-state index is 0.222. The Balaban J connectivity index is 1.72. The van der Waals surface area contributed by atoms with Gasteiger partial charge < -0.3 is 18.9 Å². The van der Waals surface area contributed by atoms with Crippen molar-refractivity contribution in [2.45, 2.75) is 52.4 Å². The minimum atomic E-state index is -0.616. The van der Waals surface area contributed by atoms with Crippen LogP contribution in [0.25, 0.3) is 10.9 Å². The van der Waals surface area contributed by atoms with Crippen LogP contribution in [0.5, 0.6) is 11.5 Å². The third-order valence-corrected chi connectivity index (χ3v) is 6.65. The number of aromatic amines is 1. The van der Waals surface area contributed by atoms with E-state index in [2.05, 4.69) is 25.4 Å². The number of aromatic nitrogens is 5. The number of benzene rings is 2. The SMILES string of the molecule is CCOc1ccc2[nH]c(=O)c([C@@H](c3nnnn3C(C)(C)C)N(Cc3cccc(OC)c3)Cc3ccco3)cc2c1. The Labute approximate surface area is 232 Å². The Hall–Kier alpha value is -4.44. The highest BCUT2D eigenvalue weighted by Gasteiger charge is 2.34. The van der Waals surface area contributed by atoms with Crippen molar-refractivity contribution >= 4 is 10.9 Å². The molecule has 40 heavy (non-hydrogen) atoms. The smallest absolute Gasteiger partial charge is 0.253 e. The van der Waals surface area contributed by atoms with E-state index < -0.39 is 11.6 Å². The van der Waals surface area contributed by atoms with E-state index in [-0.39, 0.29) is 5.56 Å². The molecule has 0 aliphatic carbocycles. The molecule has 1 atom stereocenters. The summed E-state index contributed by atoms with van der Waals surface area (Å²) < 4.78 is 18.8. The summed E-state index contributed by atoms with van der Waals surface area (Å²) in [5.74, 6) is 2.78. The third-order valence-electron chi connectivity index (χ3n) is 6.65. The van der Waals surface area contributed by atoms with Crippen molar-refractivity contribution in [2.75, 3.05) is 13.7 Å². The van der Waals surface area contributed by atoms with Gasteiger partial charge in [0.2, 0.25) is 0 Å². The van der Waals surface area contributed by atoms with Gasteiger partial charge in [-0.15, -0.1) is 5.10 Å². The molecular weight excluding hydrogens is 508 g/mol. The average molecular weight is 543 g/mol. The molecule has 0 amide bonds. The molecule has 0 saturated heterocycles. The highest BCUT2D eigenvalue weighted by atomic mass is 16.5. The van der Waals surface area contributed by atoms with Gasteiger partial charge in [-0.25, -0.2) is 4.68 Å². The highest BCUT2D eigenvalue weighted by Crippen LogP contribution is 2.33. The van der Waals surface area contributed by atoms with Gasteiger partial charge in [0.15, 0.2) is 5.82 Å². The van der Waals surface area contributed by atoms with Crippen LogP contribution in [0.15, 0.2) is 76.1 Å². The van der Waals surface area contributed by atoms with Gasteiger partial charge in [0.1, 0.15) is 23.3 Å². The van der Waals surface area contributed by atoms with Gasteiger partial charge in [-0.2, -0.15) is 0 Å². The van der Waals surface area contributed by atoms with Crippen LogP contribution < -0.4 is 15.0 Å². The van der Waals surface area contributed by atoms with Gasteiger partial charge >= 0.3 is 0 Å². The van der Waals surface area contributed by atoms with Crippen LogP contribution in [-0.4, -0.2) is 43.8 Å². The van der Waals surface area contributed by atoms with Crippen LogP contribution in [0.2, 0.25) is 0 Å². The normalized spacial score (nSPS) is 12.7. The van der Waals surface area contributed by atoms with E-state index in [1.54, 1.807) is 18.1 Å². The largest absolute Gasteiger partial charge is 0.497 e. The summed E-state index contributed by atoms with van der Waals surface area (Å²) in [6, 6.07) is 18.6. The predicted molar refractivity (Wildman–Crippen MR) is 151 cm³/mol. The van der Waals surface area contributed by atoms with Crippen molar-refractivity contribution in [3.63, 3.8) is 0 Å². The van der Waals surface area contributed by atoms with E-state index >= 15 is 0 Å². The molecule has 3 heterocycles. The topological polar surface area (TPSA) is 111 Å². The Morgan fingerprint density at radius 1 is 1.05 bits per heavy atom. The van der Waals surface area contributed by atoms with Crippen LogP contribution in [0, 0.1) is 0 Å². The zero-order valence-corrected chi connectivity index (χ0v) is 23.4. The van der Waals surface area contributed by atoms with Crippen molar-refractivity contribution in [3.8, 4) is 11.5 Å². The fourth-order valence-electron chi connectivity index (χ4n) is 4.85. The van der Waals surface area contributed by atoms with Gasteiger partial charge in [0.05, 0.1) is 32.1 Å². The molecule has 10 nitrogen and oxygen atoms in total. The molecule has 0 fully saturated rings. The number of hydrogen-bond acceptors (Lipinski definition) is 8. The summed E-state index contributed by atoms with van der Waals surface area (Å²) >= 11 is 0. The Bertz CT molecular complexity index is 1630. The summed E-state index contributed by atoms with van der Waals surface area (Å²) in [4.78, 5) is 19.0. The van der Waals surface area contributed by atoms with Gasteiger partial charge in [-0.1, -0.05) is 12.1 Å². The quantitative estimate of drug-likeness (QED) is 0.261. The zero-order chi connectivity index (χ0) is 28.3. The second kappa shape index (κ2) is 11.4. The fraction of sp³-hybridized carbons (Fsp3) is 0.333. The molecular formula is C30H34N6O4. The van der Waals surface area contributed by atoms with E-state index in [4.69, 9.17) is 13.9 Å². The average Bonchev–Trinajstić information content (AvgIpc) is 3.62. The number of pyridine rings is 1. The molecule has 5 aromatic rings. The first-order chi connectivity index (χ1) is 19.3. The van der Waals surface area contributed by atoms with Crippen LogP contribution >= 0.6 is 0 Å². The van der Waals surface area contributed by atoms with Gasteiger partial charge in [-0.3, -0.25) is 9.69 Å². The molecule has 0 saturated carbocycles. The number of furan rings is 1. The van der Waals surface area contributed by atoms with Gasteiger partial charge in [-0.05, 0) is 92.2 Å². The van der Waals surface area contributed by atoms with Crippen molar-refractivity contribution in [1.82, 2.24) is 30.1 Å². The maximum absolute atomic E-state index is 13.8. The predicted octanol–water partition coefficient (Wildman–Crippen LogP) is 5.06. The third kappa shape index (κ3) is 5.76. The highest BCUT2D eigenvalue weighted by molar-refractivity contribution is 5.80. The number of methoxy groups -OCH3 is 1. The van der Waals surface area contributed by atoms with Crippen molar-refractivity contribution < 1.29 is 13.9 Å². The Morgan fingerprint density at radius 3 is 2.62 bits per heavy atom. The van der Waals surface area contributed by atoms with Crippen LogP contribution in [0.4, 0.5) is 0 Å². The van der Waals surface area contributed by atoms with Crippen molar-refractivity contribution in [3.05, 3.63) is 100.0 Å². The first-order valence-electron chi connectivity index (χ1n) is 13.2. The van der Waals surface area contributed by atoms with Crippen molar-refractivity contribution in [2.24, 2.45) is 0 Å². The number of nitrogens with one attached hydrogen (secondary N) is 1. The first kappa shape index (κ1) is 27.1. The standard InChI is InChI=1S/C30H34N6O4/c1-6-39-23-12-13-26-21(16-23)17-25(29(37)31-26)27(28-32-33-34-36(28)30(2,3)4)35(19-24-11-8-14-40-24)18-20-9-7-10-22(15-20)38-5/h7-17,27H,6,18-19H2,1-5H3,(H,31,37)/t27-/m0/s1. The number of rotatable bonds is 10. The summed E-state index contributed by atoms with van der Waals surface area (Å²) in [5.41, 5.74) is 1.57. The molecule has 1 N–H and O–H groups in total. The van der Waals surface area contributed by atoms with Crippen LogP contribution in [-0.2, 0) is 18.6 Å². The van der Waals surface area contributed by atoms with Crippen LogP contribution in [0.1, 0.15) is 56.4 Å². The second-order valence-electron chi connectivity index (χ2n) is 10.6. The van der Waals surface area contributed by atoms with Crippen molar-refractivity contribution in [1.29, 1.82) is 0 Å². The number of H-pyrrole nitrogens is 1. The molecule has 0 unspecified atom stereocenters. The molecule has 0 spiro atoms. The van der Waals surface area contributed by atoms with Gasteiger partial charge in [0, 0.05) is 23.0 Å². The first-order valence-corrected chi connectivity index (χ1v) is 13.2. The summed E-state index contributed by atoms with van der Waals surface area (Å²) in [7, 11) is 1.64. The monoisotopic (exact) mass is 542 g/mol. The molecule has 5 rings (SSSR count). The van der Waals surface area contributed by atoms with E-state index in [9.17, 15) is 4.79 Å². The fourth-order valence-corrected chi connectivity index (χ4v) is 4.85. The maximum atomic E-state index is 13.8. The lowest BCUT2D eigenvalue weighted by Crippen LogP contribution is -2.37. The maximum Gasteiger partial charge on any atom is 0.253 e. The number of hydrogen-bond donors (Lipinski definition) is 1. The molecule has 0 radical (unpaired) electrons. The number of fused-ring (bicyclic) bond motifs is 1. The summed E-state index contributed by atoms with van der Waals surface area (Å²) in [6.45, 7) is 9.45. The Morgan fingerprint density at radius 2 is 1.90 bits per heavy atom. The van der Waals surface area contributed by atoms with Gasteiger partial charge in [0.25, 0.3) is 5.56 Å². The molecule has 208 valence electrons. The minimum Gasteiger partial charge on any atom is -0.497 e. The molecule has 0 bridgehead atoms. The summed E-state index contributed by atoms with van der Waals surface area (Å²) in [5, 5.41) is 13.7. The summed E-state index contributed by atoms with van der Waals surface area (Å²) in [6.07, 6.45) is 1.64. The number of nitrogens with zero attached hydrogens (tertiary/aromatic N) is 5. The Kier molecular flexibility index (Phi) is 7.70. The number of tetrazole rings is 1. The second-order valence-corrected chi connectivity index (χ2v) is 10.6. The van der Waals surface area contributed by atoms with E-state index in [0.717, 1.165) is 33.7 Å². The zero-order valence-electron chi connectivity index (χ0n) is 23.4. The molecule has 2 aromatic carbocycles. The van der Waals surface area contributed by atoms with E-state index in [1.165, 1.54) is 0 Å². The van der Waals surface area contributed by atoms with E-state index in [1.807, 2.05) is 88.4 Å². The molecule has 0 aliphatic rings. The lowest BCUT2D eigenvalue weighted by Gasteiger charge is -2.32. The molecule has 3 aromatic heterocycles. The lowest BCUT2D eigenvalue weighted by atomic mass is 10.0.